The first-order valence-corrected chi connectivity index (χ1v) is 9.33. The molecule has 0 saturated carbocycles. The van der Waals surface area contributed by atoms with Crippen LogP contribution in [0.15, 0.2) is 36.4 Å². The molecule has 2 rings (SSSR count). The highest BCUT2D eigenvalue weighted by atomic mass is 31.2. The van der Waals surface area contributed by atoms with Gasteiger partial charge in [0.1, 0.15) is 0 Å². The first kappa shape index (κ1) is 17.0. The lowest BCUT2D eigenvalue weighted by atomic mass is 9.94. The third-order valence-corrected chi connectivity index (χ3v) is 5.99. The van der Waals surface area contributed by atoms with Crippen LogP contribution in [0.5, 0.6) is 0 Å². The summed E-state index contributed by atoms with van der Waals surface area (Å²) in [6.07, 6.45) is 0.961. The maximum atomic E-state index is 12.0. The monoisotopic (exact) mass is 318 g/mol. The van der Waals surface area contributed by atoms with Crippen LogP contribution in [-0.2, 0) is 17.6 Å². The number of aliphatic hydroxyl groups is 1. The van der Waals surface area contributed by atoms with Crippen LogP contribution < -0.4 is 5.30 Å². The number of hydrogen-bond acceptors (Lipinski definition) is 2. The maximum Gasteiger partial charge on any atom is 0.229 e. The van der Waals surface area contributed by atoms with Crippen molar-refractivity contribution in [3.63, 3.8) is 0 Å². The molecule has 0 fully saturated rings. The molecule has 118 valence electrons. The summed E-state index contributed by atoms with van der Waals surface area (Å²) in [5, 5.41) is 10.1. The molecular formula is C18H23O3P. The summed E-state index contributed by atoms with van der Waals surface area (Å²) in [6.45, 7) is 5.82. The van der Waals surface area contributed by atoms with Crippen LogP contribution in [0.25, 0.3) is 0 Å². The Morgan fingerprint density at radius 3 is 2.27 bits per heavy atom. The van der Waals surface area contributed by atoms with E-state index in [9.17, 15) is 14.6 Å². The number of aryl methyl sites for hydroxylation is 2. The van der Waals surface area contributed by atoms with Gasteiger partial charge in [0.05, 0.1) is 6.61 Å². The van der Waals surface area contributed by atoms with Gasteiger partial charge in [0, 0.05) is 11.5 Å². The van der Waals surface area contributed by atoms with Crippen LogP contribution >= 0.6 is 7.37 Å². The van der Waals surface area contributed by atoms with Crippen LogP contribution in [0, 0.1) is 13.8 Å². The fourth-order valence-corrected chi connectivity index (χ4v) is 3.69. The van der Waals surface area contributed by atoms with Gasteiger partial charge in [0.25, 0.3) is 0 Å². The van der Waals surface area contributed by atoms with Crippen LogP contribution in [0.1, 0.15) is 34.7 Å². The third-order valence-electron chi connectivity index (χ3n) is 4.03. The molecule has 0 saturated heterocycles. The van der Waals surface area contributed by atoms with Gasteiger partial charge in [-0.2, -0.15) is 0 Å². The van der Waals surface area contributed by atoms with Crippen LogP contribution in [0.2, 0.25) is 0 Å². The summed E-state index contributed by atoms with van der Waals surface area (Å²) < 4.78 is 12.0. The quantitative estimate of drug-likeness (QED) is 0.832. The molecule has 2 aromatic rings. The first-order valence-electron chi connectivity index (χ1n) is 7.48. The smallest absolute Gasteiger partial charge is 0.229 e. The van der Waals surface area contributed by atoms with E-state index in [-0.39, 0.29) is 12.8 Å². The first-order chi connectivity index (χ1) is 10.4. The van der Waals surface area contributed by atoms with Crippen molar-refractivity contribution in [3.05, 3.63) is 64.2 Å². The molecule has 22 heavy (non-hydrogen) atoms. The molecular weight excluding hydrogens is 295 g/mol. The van der Waals surface area contributed by atoms with E-state index in [0.717, 1.165) is 27.8 Å². The molecule has 2 aromatic carbocycles. The van der Waals surface area contributed by atoms with Crippen molar-refractivity contribution in [2.75, 3.05) is 6.16 Å². The van der Waals surface area contributed by atoms with E-state index >= 15 is 0 Å². The van der Waals surface area contributed by atoms with Gasteiger partial charge in [-0.05, 0) is 54.7 Å². The van der Waals surface area contributed by atoms with Crippen molar-refractivity contribution < 1.29 is 14.6 Å². The predicted molar refractivity (Wildman–Crippen MR) is 91.1 cm³/mol. The highest BCUT2D eigenvalue weighted by Gasteiger charge is 2.18. The van der Waals surface area contributed by atoms with Gasteiger partial charge in [0.2, 0.25) is 7.37 Å². The van der Waals surface area contributed by atoms with E-state index in [2.05, 4.69) is 13.0 Å². The Morgan fingerprint density at radius 2 is 1.73 bits per heavy atom. The summed E-state index contributed by atoms with van der Waals surface area (Å²) in [6, 6.07) is 11.4. The number of benzene rings is 2. The summed E-state index contributed by atoms with van der Waals surface area (Å²) in [7, 11) is -3.20. The lowest BCUT2D eigenvalue weighted by molar-refractivity contribution is 0.280. The Kier molecular flexibility index (Phi) is 5.23. The molecule has 0 radical (unpaired) electrons. The van der Waals surface area contributed by atoms with Crippen LogP contribution in [-0.4, -0.2) is 16.2 Å². The van der Waals surface area contributed by atoms with E-state index in [1.807, 2.05) is 25.1 Å². The summed E-state index contributed by atoms with van der Waals surface area (Å²) in [5.74, 6) is 0. The second kappa shape index (κ2) is 6.78. The lowest BCUT2D eigenvalue weighted by Gasteiger charge is -2.14. The minimum absolute atomic E-state index is 0.0254. The van der Waals surface area contributed by atoms with Crippen LogP contribution in [0.3, 0.4) is 0 Å². The second-order valence-electron chi connectivity index (χ2n) is 5.74. The standard InChI is InChI=1S/C18H23O3P/c1-4-22(20,21)17-7-5-15(6-8-17)11-18-14(3)9-13(2)10-16(18)12-19/h5-10,19H,4,11-12H2,1-3H3,(H,20,21). The molecule has 0 amide bonds. The fraction of sp³-hybridized carbons (Fsp3) is 0.333. The van der Waals surface area contributed by atoms with Gasteiger partial charge < -0.3 is 10.00 Å². The maximum absolute atomic E-state index is 12.0. The zero-order valence-corrected chi connectivity index (χ0v) is 14.2. The Hall–Kier alpha value is -1.41. The summed E-state index contributed by atoms with van der Waals surface area (Å²) in [4.78, 5) is 9.85. The highest BCUT2D eigenvalue weighted by Crippen LogP contribution is 2.38. The highest BCUT2D eigenvalue weighted by molar-refractivity contribution is 7.66. The zero-order chi connectivity index (χ0) is 16.3. The van der Waals surface area contributed by atoms with Gasteiger partial charge >= 0.3 is 0 Å². The normalized spacial score (nSPS) is 13.9. The fourth-order valence-electron chi connectivity index (χ4n) is 2.71. The Balaban J connectivity index is 2.31. The molecule has 0 heterocycles. The van der Waals surface area contributed by atoms with Gasteiger partial charge in [-0.15, -0.1) is 0 Å². The number of aliphatic hydroxyl groups excluding tert-OH is 1. The van der Waals surface area contributed by atoms with E-state index in [1.165, 1.54) is 0 Å². The van der Waals surface area contributed by atoms with Crippen molar-refractivity contribution >= 4 is 12.7 Å². The van der Waals surface area contributed by atoms with Crippen molar-refractivity contribution in [2.45, 2.75) is 33.8 Å². The Morgan fingerprint density at radius 1 is 1.09 bits per heavy atom. The summed E-state index contributed by atoms with van der Waals surface area (Å²) >= 11 is 0. The lowest BCUT2D eigenvalue weighted by Crippen LogP contribution is -2.06. The predicted octanol–water partition coefficient (Wildman–Crippen LogP) is 3.30. The van der Waals surface area contributed by atoms with Crippen LogP contribution in [0.4, 0.5) is 0 Å². The van der Waals surface area contributed by atoms with E-state index in [4.69, 9.17) is 0 Å². The molecule has 0 bridgehead atoms. The number of hydrogen-bond donors (Lipinski definition) is 2. The molecule has 0 aromatic heterocycles. The van der Waals surface area contributed by atoms with E-state index in [0.29, 0.717) is 11.7 Å². The number of rotatable bonds is 5. The average molecular weight is 318 g/mol. The molecule has 0 spiro atoms. The topological polar surface area (TPSA) is 57.5 Å². The zero-order valence-electron chi connectivity index (χ0n) is 13.3. The van der Waals surface area contributed by atoms with E-state index in [1.54, 1.807) is 19.1 Å². The molecule has 0 aliphatic rings. The third kappa shape index (κ3) is 3.67. The van der Waals surface area contributed by atoms with Gasteiger partial charge in [-0.3, -0.25) is 4.57 Å². The minimum atomic E-state index is -3.20. The molecule has 0 aliphatic carbocycles. The molecule has 3 nitrogen and oxygen atoms in total. The van der Waals surface area contributed by atoms with Crippen molar-refractivity contribution in [3.8, 4) is 0 Å². The molecule has 1 atom stereocenters. The van der Waals surface area contributed by atoms with E-state index < -0.39 is 7.37 Å². The minimum Gasteiger partial charge on any atom is -0.392 e. The average Bonchev–Trinajstić information content (AvgIpc) is 2.50. The molecule has 4 heteroatoms. The van der Waals surface area contributed by atoms with Gasteiger partial charge in [-0.25, -0.2) is 0 Å². The Bertz CT molecular complexity index is 705. The van der Waals surface area contributed by atoms with Gasteiger partial charge in [-0.1, -0.05) is 36.8 Å². The molecule has 0 aliphatic heterocycles. The largest absolute Gasteiger partial charge is 0.392 e. The van der Waals surface area contributed by atoms with Crippen molar-refractivity contribution in [2.24, 2.45) is 0 Å². The van der Waals surface area contributed by atoms with Crippen molar-refractivity contribution in [1.82, 2.24) is 0 Å². The summed E-state index contributed by atoms with van der Waals surface area (Å²) in [5.41, 5.74) is 5.45. The van der Waals surface area contributed by atoms with Crippen molar-refractivity contribution in [1.29, 1.82) is 0 Å². The molecule has 1 unspecified atom stereocenters. The second-order valence-corrected chi connectivity index (χ2v) is 8.29. The Labute approximate surface area is 132 Å². The van der Waals surface area contributed by atoms with Gasteiger partial charge in [0.15, 0.2) is 0 Å². The molecule has 2 N–H and O–H groups in total. The SMILES string of the molecule is CCP(=O)(O)c1ccc(Cc2c(C)cc(C)cc2CO)cc1.